The molecule has 1 fully saturated rings. The summed E-state index contributed by atoms with van der Waals surface area (Å²) in [5, 5.41) is 6.25. The van der Waals surface area contributed by atoms with Gasteiger partial charge < -0.3 is 15.4 Å². The van der Waals surface area contributed by atoms with E-state index in [-0.39, 0.29) is 11.9 Å². The summed E-state index contributed by atoms with van der Waals surface area (Å²) in [6.07, 6.45) is 3.03. The molecule has 19 heavy (non-hydrogen) atoms. The monoisotopic (exact) mass is 326 g/mol. The van der Waals surface area contributed by atoms with Gasteiger partial charge in [0, 0.05) is 23.1 Å². The normalized spacial score (nSPS) is 19.7. The van der Waals surface area contributed by atoms with E-state index >= 15 is 0 Å². The summed E-state index contributed by atoms with van der Waals surface area (Å²) >= 11 is 3.45. The topological polar surface area (TPSA) is 50.4 Å². The van der Waals surface area contributed by atoms with Crippen LogP contribution < -0.4 is 15.4 Å². The van der Waals surface area contributed by atoms with Crippen molar-refractivity contribution in [2.45, 2.75) is 31.8 Å². The van der Waals surface area contributed by atoms with Crippen molar-refractivity contribution in [1.82, 2.24) is 10.6 Å². The van der Waals surface area contributed by atoms with E-state index in [0.29, 0.717) is 6.54 Å². The summed E-state index contributed by atoms with van der Waals surface area (Å²) in [5.74, 6) is 0.941. The first kappa shape index (κ1) is 14.3. The van der Waals surface area contributed by atoms with Crippen molar-refractivity contribution in [1.29, 1.82) is 0 Å². The molecule has 4 nitrogen and oxygen atoms in total. The van der Waals surface area contributed by atoms with Gasteiger partial charge in [0.1, 0.15) is 5.75 Å². The fraction of sp³-hybridized carbons (Fsp3) is 0.500. The number of hydrogen-bond donors (Lipinski definition) is 2. The Bertz CT molecular complexity index is 451. The molecule has 0 saturated carbocycles. The summed E-state index contributed by atoms with van der Waals surface area (Å²) in [7, 11) is 1.66. The average molecular weight is 327 g/mol. The Morgan fingerprint density at radius 3 is 3.11 bits per heavy atom. The molecule has 1 atom stereocenters. The number of rotatable bonds is 4. The molecule has 1 aliphatic heterocycles. The van der Waals surface area contributed by atoms with Crippen LogP contribution in [-0.4, -0.2) is 25.6 Å². The molecule has 1 aliphatic rings. The number of nitrogens with one attached hydrogen (secondary N) is 2. The molecule has 5 heteroatoms. The first-order valence-corrected chi connectivity index (χ1v) is 7.33. The standard InChI is InChI=1S/C14H19BrN2O2/c1-19-13-6-5-11(15)8-10(13)9-17-12-4-2-3-7-16-14(12)18/h5-6,8,12,17H,2-4,7,9H2,1H3,(H,16,18)/t12-/m1/s1. The lowest BCUT2D eigenvalue weighted by atomic mass is 10.1. The summed E-state index contributed by atoms with van der Waals surface area (Å²) < 4.78 is 6.34. The molecule has 1 aromatic rings. The number of halogens is 1. The highest BCUT2D eigenvalue weighted by molar-refractivity contribution is 9.10. The number of hydrogen-bond acceptors (Lipinski definition) is 3. The van der Waals surface area contributed by atoms with Gasteiger partial charge in [0.25, 0.3) is 0 Å². The van der Waals surface area contributed by atoms with Crippen molar-refractivity contribution in [2.75, 3.05) is 13.7 Å². The maximum atomic E-state index is 11.8. The lowest BCUT2D eigenvalue weighted by molar-refractivity contribution is -0.122. The van der Waals surface area contributed by atoms with Crippen LogP contribution in [0.2, 0.25) is 0 Å². The Morgan fingerprint density at radius 2 is 2.32 bits per heavy atom. The maximum Gasteiger partial charge on any atom is 0.237 e. The number of carbonyl (C=O) groups excluding carboxylic acids is 1. The second-order valence-electron chi connectivity index (χ2n) is 4.68. The molecule has 0 bridgehead atoms. The zero-order chi connectivity index (χ0) is 13.7. The van der Waals surface area contributed by atoms with E-state index in [1.807, 2.05) is 18.2 Å². The van der Waals surface area contributed by atoms with Crippen LogP contribution >= 0.6 is 15.9 Å². The van der Waals surface area contributed by atoms with Crippen LogP contribution in [0.15, 0.2) is 22.7 Å². The average Bonchev–Trinajstić information content (AvgIpc) is 2.61. The fourth-order valence-electron chi connectivity index (χ4n) is 2.25. The predicted octanol–water partition coefficient (Wildman–Crippen LogP) is 2.22. The molecule has 0 aromatic heterocycles. The largest absolute Gasteiger partial charge is 0.496 e. The second kappa shape index (κ2) is 6.91. The molecule has 0 unspecified atom stereocenters. The van der Waals surface area contributed by atoms with E-state index in [1.165, 1.54) is 0 Å². The number of ether oxygens (including phenoxy) is 1. The van der Waals surface area contributed by atoms with Crippen LogP contribution in [0, 0.1) is 0 Å². The summed E-state index contributed by atoms with van der Waals surface area (Å²) in [5.41, 5.74) is 1.05. The van der Waals surface area contributed by atoms with Gasteiger partial charge in [-0.3, -0.25) is 4.79 Å². The van der Waals surface area contributed by atoms with Gasteiger partial charge in [0.05, 0.1) is 13.2 Å². The van der Waals surface area contributed by atoms with E-state index in [4.69, 9.17) is 4.74 Å². The Hall–Kier alpha value is -1.07. The van der Waals surface area contributed by atoms with E-state index in [2.05, 4.69) is 26.6 Å². The van der Waals surface area contributed by atoms with E-state index in [9.17, 15) is 4.79 Å². The van der Waals surface area contributed by atoms with E-state index in [1.54, 1.807) is 7.11 Å². The Kier molecular flexibility index (Phi) is 5.22. The van der Waals surface area contributed by atoms with Gasteiger partial charge in [0.15, 0.2) is 0 Å². The second-order valence-corrected chi connectivity index (χ2v) is 5.59. The molecule has 0 spiro atoms. The van der Waals surface area contributed by atoms with E-state index < -0.39 is 0 Å². The summed E-state index contributed by atoms with van der Waals surface area (Å²) in [4.78, 5) is 11.8. The van der Waals surface area contributed by atoms with Crippen molar-refractivity contribution in [3.05, 3.63) is 28.2 Å². The molecule has 104 valence electrons. The Morgan fingerprint density at radius 1 is 1.47 bits per heavy atom. The van der Waals surface area contributed by atoms with Crippen molar-refractivity contribution >= 4 is 21.8 Å². The number of benzene rings is 1. The van der Waals surface area contributed by atoms with Gasteiger partial charge in [-0.1, -0.05) is 15.9 Å². The minimum Gasteiger partial charge on any atom is -0.496 e. The molecule has 0 radical (unpaired) electrons. The van der Waals surface area contributed by atoms with Crippen LogP contribution in [0.25, 0.3) is 0 Å². The third kappa shape index (κ3) is 3.94. The van der Waals surface area contributed by atoms with Crippen molar-refractivity contribution < 1.29 is 9.53 Å². The smallest absolute Gasteiger partial charge is 0.237 e. The van der Waals surface area contributed by atoms with Crippen molar-refractivity contribution in [3.8, 4) is 5.75 Å². The molecule has 0 aliphatic carbocycles. The van der Waals surface area contributed by atoms with Crippen LogP contribution in [0.1, 0.15) is 24.8 Å². The van der Waals surface area contributed by atoms with Crippen LogP contribution in [0.4, 0.5) is 0 Å². The van der Waals surface area contributed by atoms with Crippen molar-refractivity contribution in [3.63, 3.8) is 0 Å². The van der Waals surface area contributed by atoms with Gasteiger partial charge in [-0.05, 0) is 37.5 Å². The molecule has 1 amide bonds. The summed E-state index contributed by atoms with van der Waals surface area (Å²) in [6.45, 7) is 1.41. The molecule has 2 N–H and O–H groups in total. The van der Waals surface area contributed by atoms with Gasteiger partial charge in [0.2, 0.25) is 5.91 Å². The predicted molar refractivity (Wildman–Crippen MR) is 78.2 cm³/mol. The quantitative estimate of drug-likeness (QED) is 0.892. The number of methoxy groups -OCH3 is 1. The van der Waals surface area contributed by atoms with Gasteiger partial charge in [-0.2, -0.15) is 0 Å². The third-order valence-electron chi connectivity index (χ3n) is 3.32. The minimum atomic E-state index is -0.105. The maximum absolute atomic E-state index is 11.8. The molecule has 1 heterocycles. The SMILES string of the molecule is COc1ccc(Br)cc1CN[C@@H]1CCCCNC1=O. The molecule has 1 saturated heterocycles. The lowest BCUT2D eigenvalue weighted by Gasteiger charge is -2.16. The lowest BCUT2D eigenvalue weighted by Crippen LogP contribution is -2.42. The Labute approximate surface area is 122 Å². The number of carbonyl (C=O) groups is 1. The van der Waals surface area contributed by atoms with Crippen molar-refractivity contribution in [2.24, 2.45) is 0 Å². The van der Waals surface area contributed by atoms with Gasteiger partial charge in [-0.15, -0.1) is 0 Å². The number of amides is 1. The highest BCUT2D eigenvalue weighted by Crippen LogP contribution is 2.23. The molecule has 2 rings (SSSR count). The first-order valence-electron chi connectivity index (χ1n) is 6.54. The highest BCUT2D eigenvalue weighted by atomic mass is 79.9. The third-order valence-corrected chi connectivity index (χ3v) is 3.81. The molecular formula is C14H19BrN2O2. The van der Waals surface area contributed by atoms with Gasteiger partial charge in [-0.25, -0.2) is 0 Å². The zero-order valence-electron chi connectivity index (χ0n) is 11.0. The first-order chi connectivity index (χ1) is 9.20. The van der Waals surface area contributed by atoms with E-state index in [0.717, 1.165) is 41.6 Å². The summed E-state index contributed by atoms with van der Waals surface area (Å²) in [6, 6.07) is 5.78. The molecule has 1 aromatic carbocycles. The highest BCUT2D eigenvalue weighted by Gasteiger charge is 2.20. The minimum absolute atomic E-state index is 0.103. The van der Waals surface area contributed by atoms with Gasteiger partial charge >= 0.3 is 0 Å². The Balaban J connectivity index is 2.01. The zero-order valence-corrected chi connectivity index (χ0v) is 12.6. The fourth-order valence-corrected chi connectivity index (χ4v) is 2.66. The van der Waals surface area contributed by atoms with Crippen LogP contribution in [-0.2, 0) is 11.3 Å². The van der Waals surface area contributed by atoms with Crippen LogP contribution in [0.3, 0.4) is 0 Å². The molecular weight excluding hydrogens is 308 g/mol. The van der Waals surface area contributed by atoms with Crippen LogP contribution in [0.5, 0.6) is 5.75 Å².